The van der Waals surface area contributed by atoms with Crippen molar-refractivity contribution in [3.05, 3.63) is 30.4 Å². The Kier molecular flexibility index (Phi) is 3.32. The van der Waals surface area contributed by atoms with Gasteiger partial charge in [0.15, 0.2) is 11.6 Å². The van der Waals surface area contributed by atoms with Crippen molar-refractivity contribution in [1.29, 1.82) is 0 Å². The molecule has 1 aliphatic rings. The average molecular weight is 264 g/mol. The fourth-order valence-electron chi connectivity index (χ4n) is 2.04. The lowest BCUT2D eigenvalue weighted by atomic mass is 10.2. The van der Waals surface area contributed by atoms with Gasteiger partial charge in [-0.05, 0) is 12.8 Å². The minimum atomic E-state index is -0.451. The highest BCUT2D eigenvalue weighted by Crippen LogP contribution is 2.30. The smallest absolute Gasteiger partial charge is 0.222 e. The molecule has 0 bridgehead atoms. The van der Waals surface area contributed by atoms with Gasteiger partial charge in [-0.2, -0.15) is 5.10 Å². The molecular formula is C11H13FN6O. The summed E-state index contributed by atoms with van der Waals surface area (Å²) in [5, 5.41) is 9.63. The third-order valence-electron chi connectivity index (χ3n) is 2.95. The Bertz CT molecular complexity index is 516. The van der Waals surface area contributed by atoms with Gasteiger partial charge in [0.1, 0.15) is 12.4 Å². The zero-order chi connectivity index (χ0) is 13.1. The van der Waals surface area contributed by atoms with E-state index in [4.69, 9.17) is 4.74 Å². The molecule has 0 aromatic carbocycles. The summed E-state index contributed by atoms with van der Waals surface area (Å²) in [5.41, 5.74) is 0. The quantitative estimate of drug-likeness (QED) is 0.858. The van der Waals surface area contributed by atoms with E-state index < -0.39 is 5.82 Å². The normalized spacial score (nSPS) is 22.6. The lowest BCUT2D eigenvalue weighted by molar-refractivity contribution is 0.0471. The Morgan fingerprint density at radius 1 is 1.32 bits per heavy atom. The van der Waals surface area contributed by atoms with Crippen LogP contribution in [0.3, 0.4) is 0 Å². The number of halogens is 1. The van der Waals surface area contributed by atoms with Crippen LogP contribution in [-0.2, 0) is 4.74 Å². The summed E-state index contributed by atoms with van der Waals surface area (Å²) in [6, 6.07) is 0. The van der Waals surface area contributed by atoms with Crippen LogP contribution in [0.1, 0.15) is 24.8 Å². The van der Waals surface area contributed by atoms with Gasteiger partial charge in [0.2, 0.25) is 5.95 Å². The summed E-state index contributed by atoms with van der Waals surface area (Å²) in [6.45, 7) is 0.580. The molecule has 8 heteroatoms. The van der Waals surface area contributed by atoms with Crippen LogP contribution in [0.4, 0.5) is 10.3 Å². The molecule has 2 aromatic rings. The number of aromatic amines is 1. The summed E-state index contributed by atoms with van der Waals surface area (Å²) in [5.74, 6) is 0.696. The second-order valence-corrected chi connectivity index (χ2v) is 4.30. The molecule has 3 rings (SSSR count). The van der Waals surface area contributed by atoms with Crippen molar-refractivity contribution in [3.63, 3.8) is 0 Å². The molecule has 2 N–H and O–H groups in total. The number of anilines is 1. The third-order valence-corrected chi connectivity index (χ3v) is 2.95. The van der Waals surface area contributed by atoms with E-state index in [1.54, 1.807) is 0 Å². The number of hydrogen-bond donors (Lipinski definition) is 2. The molecule has 0 radical (unpaired) electrons. The van der Waals surface area contributed by atoms with Crippen molar-refractivity contribution in [2.45, 2.75) is 25.0 Å². The molecule has 1 aliphatic heterocycles. The van der Waals surface area contributed by atoms with E-state index in [1.165, 1.54) is 6.33 Å². The van der Waals surface area contributed by atoms with Crippen LogP contribution in [0.15, 0.2) is 18.7 Å². The van der Waals surface area contributed by atoms with Gasteiger partial charge in [-0.25, -0.2) is 19.3 Å². The Hall–Kier alpha value is -2.09. The van der Waals surface area contributed by atoms with Crippen molar-refractivity contribution in [2.75, 3.05) is 11.9 Å². The van der Waals surface area contributed by atoms with Gasteiger partial charge in [-0.15, -0.1) is 0 Å². The molecule has 0 amide bonds. The molecule has 0 unspecified atom stereocenters. The standard InChI is InChI=1S/C11H13FN6O/c12-7-3-13-11(14-4-7)15-5-8-1-2-9(19-8)10-16-6-17-18-10/h3-4,6,8-9H,1-2,5H2,(H,13,14,15)(H,16,17,18)/t8-,9+/m1/s1. The van der Waals surface area contributed by atoms with Gasteiger partial charge >= 0.3 is 0 Å². The SMILES string of the molecule is Fc1cnc(NC[C@H]2CC[C@@H](c3ncn[nH]3)O2)nc1. The minimum Gasteiger partial charge on any atom is -0.365 e. The summed E-state index contributed by atoms with van der Waals surface area (Å²) >= 11 is 0. The molecule has 100 valence electrons. The molecule has 1 saturated heterocycles. The van der Waals surface area contributed by atoms with Crippen molar-refractivity contribution < 1.29 is 9.13 Å². The first kappa shape index (κ1) is 12.0. The number of rotatable bonds is 4. The highest BCUT2D eigenvalue weighted by atomic mass is 19.1. The van der Waals surface area contributed by atoms with Crippen LogP contribution in [0.25, 0.3) is 0 Å². The van der Waals surface area contributed by atoms with Crippen LogP contribution < -0.4 is 5.32 Å². The van der Waals surface area contributed by atoms with E-state index >= 15 is 0 Å². The summed E-state index contributed by atoms with van der Waals surface area (Å²) in [4.78, 5) is 11.7. The molecule has 1 fully saturated rings. The minimum absolute atomic E-state index is 0.0385. The lowest BCUT2D eigenvalue weighted by Gasteiger charge is -2.12. The lowest BCUT2D eigenvalue weighted by Crippen LogP contribution is -2.20. The second kappa shape index (κ2) is 5.27. The Morgan fingerprint density at radius 2 is 2.16 bits per heavy atom. The number of aromatic nitrogens is 5. The molecule has 2 atom stereocenters. The molecule has 3 heterocycles. The first-order chi connectivity index (χ1) is 9.31. The van der Waals surface area contributed by atoms with Crippen molar-refractivity contribution in [1.82, 2.24) is 25.1 Å². The largest absolute Gasteiger partial charge is 0.365 e. The van der Waals surface area contributed by atoms with E-state index in [2.05, 4.69) is 30.5 Å². The third kappa shape index (κ3) is 2.84. The number of nitrogens with one attached hydrogen (secondary N) is 2. The predicted octanol–water partition coefficient (Wildman–Crippen LogP) is 1.07. The average Bonchev–Trinajstić information content (AvgIpc) is 3.09. The second-order valence-electron chi connectivity index (χ2n) is 4.30. The molecule has 0 spiro atoms. The molecule has 19 heavy (non-hydrogen) atoms. The van der Waals surface area contributed by atoms with E-state index in [9.17, 15) is 4.39 Å². The van der Waals surface area contributed by atoms with E-state index in [-0.39, 0.29) is 12.2 Å². The van der Waals surface area contributed by atoms with E-state index in [0.717, 1.165) is 31.1 Å². The maximum atomic E-state index is 12.6. The topological polar surface area (TPSA) is 88.6 Å². The molecule has 0 saturated carbocycles. The number of ether oxygens (including phenoxy) is 1. The van der Waals surface area contributed by atoms with Crippen LogP contribution in [0, 0.1) is 5.82 Å². The summed E-state index contributed by atoms with van der Waals surface area (Å²) in [6.07, 6.45) is 5.55. The predicted molar refractivity (Wildman–Crippen MR) is 63.7 cm³/mol. The van der Waals surface area contributed by atoms with Crippen LogP contribution >= 0.6 is 0 Å². The maximum Gasteiger partial charge on any atom is 0.222 e. The number of H-pyrrole nitrogens is 1. The molecule has 7 nitrogen and oxygen atoms in total. The van der Waals surface area contributed by atoms with Gasteiger partial charge in [0.25, 0.3) is 0 Å². The van der Waals surface area contributed by atoms with Gasteiger partial charge in [-0.1, -0.05) is 0 Å². The molecule has 0 aliphatic carbocycles. The molecular weight excluding hydrogens is 251 g/mol. The fourth-order valence-corrected chi connectivity index (χ4v) is 2.04. The highest BCUT2D eigenvalue weighted by molar-refractivity contribution is 5.22. The van der Waals surface area contributed by atoms with E-state index in [1.807, 2.05) is 0 Å². The summed E-state index contributed by atoms with van der Waals surface area (Å²) in [7, 11) is 0. The van der Waals surface area contributed by atoms with Crippen LogP contribution in [0.5, 0.6) is 0 Å². The Labute approximate surface area is 108 Å². The Morgan fingerprint density at radius 3 is 2.89 bits per heavy atom. The van der Waals surface area contributed by atoms with Gasteiger partial charge < -0.3 is 10.1 Å². The summed E-state index contributed by atoms with van der Waals surface area (Å²) < 4.78 is 18.5. The fraction of sp³-hybridized carbons (Fsp3) is 0.455. The Balaban J connectivity index is 1.51. The van der Waals surface area contributed by atoms with Crippen molar-refractivity contribution in [3.8, 4) is 0 Å². The van der Waals surface area contributed by atoms with Gasteiger partial charge in [-0.3, -0.25) is 5.10 Å². The van der Waals surface area contributed by atoms with E-state index in [0.29, 0.717) is 12.5 Å². The highest BCUT2D eigenvalue weighted by Gasteiger charge is 2.28. The monoisotopic (exact) mass is 264 g/mol. The molecule has 2 aromatic heterocycles. The first-order valence-electron chi connectivity index (χ1n) is 6.03. The van der Waals surface area contributed by atoms with Crippen molar-refractivity contribution in [2.24, 2.45) is 0 Å². The van der Waals surface area contributed by atoms with Gasteiger partial charge in [0.05, 0.1) is 18.5 Å². The maximum absolute atomic E-state index is 12.6. The number of hydrogen-bond acceptors (Lipinski definition) is 6. The zero-order valence-corrected chi connectivity index (χ0v) is 10.1. The first-order valence-corrected chi connectivity index (χ1v) is 6.03. The van der Waals surface area contributed by atoms with Crippen molar-refractivity contribution >= 4 is 5.95 Å². The van der Waals surface area contributed by atoms with Gasteiger partial charge in [0, 0.05) is 6.54 Å². The van der Waals surface area contributed by atoms with Crippen LogP contribution in [0.2, 0.25) is 0 Å². The number of nitrogens with zero attached hydrogens (tertiary/aromatic N) is 4. The van der Waals surface area contributed by atoms with Crippen LogP contribution in [-0.4, -0.2) is 37.8 Å². The zero-order valence-electron chi connectivity index (χ0n) is 10.1.